The van der Waals surface area contributed by atoms with Crippen molar-refractivity contribution >= 4 is 11.7 Å². The summed E-state index contributed by atoms with van der Waals surface area (Å²) < 4.78 is 5.57. The zero-order valence-electron chi connectivity index (χ0n) is 12.0. The highest BCUT2D eigenvalue weighted by Crippen LogP contribution is 2.17. The molecule has 0 saturated heterocycles. The van der Waals surface area contributed by atoms with Crippen molar-refractivity contribution in [3.63, 3.8) is 0 Å². The van der Waals surface area contributed by atoms with Crippen LogP contribution in [-0.4, -0.2) is 22.2 Å². The first kappa shape index (κ1) is 14.8. The maximum absolute atomic E-state index is 10.7. The third kappa shape index (κ3) is 4.49. The number of anilines is 1. The van der Waals surface area contributed by atoms with Gasteiger partial charge >= 0.3 is 5.97 Å². The molecule has 110 valence electrons. The summed E-state index contributed by atoms with van der Waals surface area (Å²) in [7, 11) is 0. The number of ether oxygens (including phenoxy) is 1. The number of hydrogen-bond donors (Lipinski definition) is 2. The minimum Gasteiger partial charge on any atom is -0.491 e. The summed E-state index contributed by atoms with van der Waals surface area (Å²) in [6.45, 7) is 4.50. The van der Waals surface area contributed by atoms with Crippen LogP contribution in [0, 0.1) is 0 Å². The second-order valence-corrected chi connectivity index (χ2v) is 4.89. The largest absolute Gasteiger partial charge is 0.491 e. The van der Waals surface area contributed by atoms with Crippen molar-refractivity contribution in [1.29, 1.82) is 0 Å². The molecule has 5 heteroatoms. The number of benzene rings is 1. The fourth-order valence-electron chi connectivity index (χ4n) is 1.77. The standard InChI is InChI=1S/C16H18N2O3/c1-11(2)21-15-7-5-13(6-8-15)18-10-14-4-3-12(9-17-14)16(19)20/h3-9,11,18H,10H2,1-2H3,(H,19,20). The van der Waals surface area contributed by atoms with Gasteiger partial charge in [0, 0.05) is 11.9 Å². The molecule has 0 atom stereocenters. The van der Waals surface area contributed by atoms with Gasteiger partial charge in [0.15, 0.2) is 0 Å². The smallest absolute Gasteiger partial charge is 0.337 e. The van der Waals surface area contributed by atoms with Gasteiger partial charge in [-0.1, -0.05) is 0 Å². The van der Waals surface area contributed by atoms with Crippen molar-refractivity contribution in [1.82, 2.24) is 4.98 Å². The number of hydrogen-bond acceptors (Lipinski definition) is 4. The molecular weight excluding hydrogens is 268 g/mol. The topological polar surface area (TPSA) is 71.5 Å². The van der Waals surface area contributed by atoms with Gasteiger partial charge in [-0.15, -0.1) is 0 Å². The molecule has 0 amide bonds. The first-order chi connectivity index (χ1) is 10.0. The van der Waals surface area contributed by atoms with Crippen LogP contribution in [0.2, 0.25) is 0 Å². The monoisotopic (exact) mass is 286 g/mol. The molecule has 0 aliphatic rings. The van der Waals surface area contributed by atoms with Crippen molar-refractivity contribution in [2.24, 2.45) is 0 Å². The lowest BCUT2D eigenvalue weighted by atomic mass is 10.2. The molecule has 0 bridgehead atoms. The van der Waals surface area contributed by atoms with Crippen LogP contribution in [0.15, 0.2) is 42.6 Å². The van der Waals surface area contributed by atoms with Crippen molar-refractivity contribution in [2.45, 2.75) is 26.5 Å². The summed E-state index contributed by atoms with van der Waals surface area (Å²) >= 11 is 0. The van der Waals surface area contributed by atoms with E-state index < -0.39 is 5.97 Å². The number of aromatic carboxylic acids is 1. The fourth-order valence-corrected chi connectivity index (χ4v) is 1.77. The Morgan fingerprint density at radius 3 is 2.48 bits per heavy atom. The molecule has 0 aliphatic carbocycles. The molecule has 1 aromatic carbocycles. The van der Waals surface area contributed by atoms with Gasteiger partial charge in [0.05, 0.1) is 23.9 Å². The van der Waals surface area contributed by atoms with Crippen molar-refractivity contribution in [3.05, 3.63) is 53.9 Å². The molecule has 5 nitrogen and oxygen atoms in total. The van der Waals surface area contributed by atoms with Gasteiger partial charge in [-0.3, -0.25) is 4.98 Å². The summed E-state index contributed by atoms with van der Waals surface area (Å²) in [4.78, 5) is 14.8. The van der Waals surface area contributed by atoms with E-state index in [0.29, 0.717) is 6.54 Å². The quantitative estimate of drug-likeness (QED) is 0.853. The molecule has 0 fully saturated rings. The highest BCUT2D eigenvalue weighted by atomic mass is 16.5. The van der Waals surface area contributed by atoms with E-state index in [0.717, 1.165) is 17.1 Å². The maximum atomic E-state index is 10.7. The highest BCUT2D eigenvalue weighted by Gasteiger charge is 2.03. The second kappa shape index (κ2) is 6.74. The van der Waals surface area contributed by atoms with Gasteiger partial charge in [-0.2, -0.15) is 0 Å². The van der Waals surface area contributed by atoms with Crippen molar-refractivity contribution in [2.75, 3.05) is 5.32 Å². The van der Waals surface area contributed by atoms with Crippen LogP contribution in [0.4, 0.5) is 5.69 Å². The van der Waals surface area contributed by atoms with Crippen LogP contribution < -0.4 is 10.1 Å². The van der Waals surface area contributed by atoms with E-state index in [9.17, 15) is 4.79 Å². The van der Waals surface area contributed by atoms with Gasteiger partial charge in [0.1, 0.15) is 5.75 Å². The number of carboxylic acids is 1. The lowest BCUT2D eigenvalue weighted by Gasteiger charge is -2.11. The molecule has 0 unspecified atom stereocenters. The summed E-state index contributed by atoms with van der Waals surface area (Å²) in [5.41, 5.74) is 1.92. The molecular formula is C16H18N2O3. The van der Waals surface area contributed by atoms with E-state index in [-0.39, 0.29) is 11.7 Å². The molecule has 2 N–H and O–H groups in total. The average Bonchev–Trinajstić information content (AvgIpc) is 2.46. The minimum atomic E-state index is -0.970. The van der Waals surface area contributed by atoms with E-state index in [1.165, 1.54) is 6.20 Å². The molecule has 0 radical (unpaired) electrons. The lowest BCUT2D eigenvalue weighted by Crippen LogP contribution is -2.06. The van der Waals surface area contributed by atoms with E-state index in [2.05, 4.69) is 10.3 Å². The molecule has 1 heterocycles. The van der Waals surface area contributed by atoms with Gasteiger partial charge < -0.3 is 15.2 Å². The first-order valence-electron chi connectivity index (χ1n) is 6.73. The highest BCUT2D eigenvalue weighted by molar-refractivity contribution is 5.87. The van der Waals surface area contributed by atoms with Crippen LogP contribution >= 0.6 is 0 Å². The van der Waals surface area contributed by atoms with E-state index in [1.54, 1.807) is 12.1 Å². The van der Waals surface area contributed by atoms with Gasteiger partial charge in [0.25, 0.3) is 0 Å². The van der Waals surface area contributed by atoms with Crippen LogP contribution in [0.25, 0.3) is 0 Å². The van der Waals surface area contributed by atoms with Gasteiger partial charge in [-0.25, -0.2) is 4.79 Å². The second-order valence-electron chi connectivity index (χ2n) is 4.89. The summed E-state index contributed by atoms with van der Waals surface area (Å²) in [5, 5.41) is 12.0. The fraction of sp³-hybridized carbons (Fsp3) is 0.250. The Hall–Kier alpha value is -2.56. The molecule has 1 aromatic heterocycles. The SMILES string of the molecule is CC(C)Oc1ccc(NCc2ccc(C(=O)O)cn2)cc1. The lowest BCUT2D eigenvalue weighted by molar-refractivity contribution is 0.0696. The molecule has 21 heavy (non-hydrogen) atoms. The number of pyridine rings is 1. The molecule has 0 aliphatic heterocycles. The zero-order chi connectivity index (χ0) is 15.2. The van der Waals surface area contributed by atoms with Crippen LogP contribution in [0.5, 0.6) is 5.75 Å². The predicted octanol–water partition coefficient (Wildman–Crippen LogP) is 3.18. The minimum absolute atomic E-state index is 0.153. The summed E-state index contributed by atoms with van der Waals surface area (Å²) in [6, 6.07) is 10.9. The number of rotatable bonds is 6. The van der Waals surface area contributed by atoms with Crippen molar-refractivity contribution < 1.29 is 14.6 Å². The Morgan fingerprint density at radius 1 is 1.24 bits per heavy atom. The number of carbonyl (C=O) groups is 1. The first-order valence-corrected chi connectivity index (χ1v) is 6.73. The molecule has 0 saturated carbocycles. The Labute approximate surface area is 123 Å². The third-order valence-corrected chi connectivity index (χ3v) is 2.77. The van der Waals surface area contributed by atoms with E-state index in [4.69, 9.17) is 9.84 Å². The Kier molecular flexibility index (Phi) is 4.77. The number of nitrogens with one attached hydrogen (secondary N) is 1. The van der Waals surface area contributed by atoms with Gasteiger partial charge in [0.2, 0.25) is 0 Å². The van der Waals surface area contributed by atoms with Crippen LogP contribution in [-0.2, 0) is 6.54 Å². The number of aromatic nitrogens is 1. The summed E-state index contributed by atoms with van der Waals surface area (Å²) in [5.74, 6) is -0.137. The number of nitrogens with zero attached hydrogens (tertiary/aromatic N) is 1. The predicted molar refractivity (Wildman–Crippen MR) is 80.7 cm³/mol. The summed E-state index contributed by atoms with van der Waals surface area (Å²) in [6.07, 6.45) is 1.51. The Balaban J connectivity index is 1.91. The molecule has 0 spiro atoms. The average molecular weight is 286 g/mol. The molecule has 2 rings (SSSR count). The molecule has 2 aromatic rings. The zero-order valence-corrected chi connectivity index (χ0v) is 12.0. The van der Waals surface area contributed by atoms with Crippen molar-refractivity contribution in [3.8, 4) is 5.75 Å². The van der Waals surface area contributed by atoms with E-state index in [1.807, 2.05) is 38.1 Å². The van der Waals surface area contributed by atoms with Crippen LogP contribution in [0.1, 0.15) is 29.9 Å². The third-order valence-electron chi connectivity index (χ3n) is 2.77. The van der Waals surface area contributed by atoms with Gasteiger partial charge in [-0.05, 0) is 50.2 Å². The Morgan fingerprint density at radius 2 is 1.95 bits per heavy atom. The Bertz CT molecular complexity index is 592. The normalized spacial score (nSPS) is 10.4. The maximum Gasteiger partial charge on any atom is 0.337 e. The number of carboxylic acid groups (broad SMARTS) is 1. The van der Waals surface area contributed by atoms with E-state index >= 15 is 0 Å². The van der Waals surface area contributed by atoms with Crippen LogP contribution in [0.3, 0.4) is 0 Å².